The van der Waals surface area contributed by atoms with Gasteiger partial charge in [0.15, 0.2) is 5.69 Å². The van der Waals surface area contributed by atoms with Crippen molar-refractivity contribution in [3.05, 3.63) is 46.5 Å². The number of nitrogens with zero attached hydrogens (tertiary/aromatic N) is 3. The number of H-pyrrole nitrogens is 1. The molecule has 0 radical (unpaired) electrons. The number of thiophene rings is 1. The Morgan fingerprint density at radius 2 is 2.16 bits per heavy atom. The van der Waals surface area contributed by atoms with Crippen molar-refractivity contribution in [1.82, 2.24) is 15.4 Å². The standard InChI is InChI=1S/C13H7FN4S/c14-11-2-1-8(13-12(6-15)16-18-17-13)5-10(11)9-3-4-19-7-9/h1-5,7H,(H,16,17,18). The van der Waals surface area contributed by atoms with E-state index in [4.69, 9.17) is 5.26 Å². The molecule has 1 N–H and O–H groups in total. The fourth-order valence-corrected chi connectivity index (χ4v) is 2.48. The van der Waals surface area contributed by atoms with Crippen molar-refractivity contribution in [2.45, 2.75) is 0 Å². The predicted molar refractivity (Wildman–Crippen MR) is 69.8 cm³/mol. The van der Waals surface area contributed by atoms with Crippen LogP contribution in [-0.2, 0) is 0 Å². The molecule has 19 heavy (non-hydrogen) atoms. The molecule has 0 aliphatic carbocycles. The smallest absolute Gasteiger partial charge is 0.163 e. The molecule has 1 aromatic carbocycles. The second kappa shape index (κ2) is 4.63. The number of nitrogens with one attached hydrogen (secondary N) is 1. The van der Waals surface area contributed by atoms with Crippen LogP contribution in [-0.4, -0.2) is 15.4 Å². The minimum Gasteiger partial charge on any atom is -0.247 e. The zero-order valence-corrected chi connectivity index (χ0v) is 10.4. The van der Waals surface area contributed by atoms with Crippen molar-refractivity contribution in [2.75, 3.05) is 0 Å². The molecule has 6 heteroatoms. The van der Waals surface area contributed by atoms with E-state index in [0.717, 1.165) is 5.56 Å². The van der Waals surface area contributed by atoms with Gasteiger partial charge in [-0.2, -0.15) is 16.6 Å². The molecule has 0 saturated heterocycles. The van der Waals surface area contributed by atoms with Crippen LogP contribution in [0.2, 0.25) is 0 Å². The maximum Gasteiger partial charge on any atom is 0.163 e. The molecule has 0 aliphatic rings. The summed E-state index contributed by atoms with van der Waals surface area (Å²) in [4.78, 5) is 0. The monoisotopic (exact) mass is 270 g/mol. The highest BCUT2D eigenvalue weighted by Gasteiger charge is 2.13. The Labute approximate surface area is 112 Å². The van der Waals surface area contributed by atoms with Crippen LogP contribution >= 0.6 is 11.3 Å². The summed E-state index contributed by atoms with van der Waals surface area (Å²) >= 11 is 1.50. The largest absolute Gasteiger partial charge is 0.247 e. The van der Waals surface area contributed by atoms with Gasteiger partial charge in [-0.3, -0.25) is 0 Å². The van der Waals surface area contributed by atoms with Crippen LogP contribution < -0.4 is 0 Å². The first-order chi connectivity index (χ1) is 9.29. The van der Waals surface area contributed by atoms with Crippen LogP contribution in [0.25, 0.3) is 22.4 Å². The second-order valence-corrected chi connectivity index (χ2v) is 4.63. The van der Waals surface area contributed by atoms with E-state index in [0.29, 0.717) is 16.8 Å². The Hall–Kier alpha value is -2.52. The third-order valence-electron chi connectivity index (χ3n) is 2.73. The summed E-state index contributed by atoms with van der Waals surface area (Å²) in [5.41, 5.74) is 2.66. The molecule has 0 fully saturated rings. The Bertz CT molecular complexity index is 755. The van der Waals surface area contributed by atoms with E-state index < -0.39 is 0 Å². The Morgan fingerprint density at radius 1 is 1.26 bits per heavy atom. The molecule has 0 spiro atoms. The highest BCUT2D eigenvalue weighted by atomic mass is 32.1. The normalized spacial score (nSPS) is 10.3. The van der Waals surface area contributed by atoms with E-state index in [9.17, 15) is 4.39 Å². The number of hydrogen-bond acceptors (Lipinski definition) is 4. The number of halogens is 1. The number of rotatable bonds is 2. The molecule has 0 amide bonds. The van der Waals surface area contributed by atoms with Gasteiger partial charge in [0.05, 0.1) is 0 Å². The van der Waals surface area contributed by atoms with Gasteiger partial charge in [-0.1, -0.05) is 5.21 Å². The lowest BCUT2D eigenvalue weighted by molar-refractivity contribution is 0.631. The van der Waals surface area contributed by atoms with E-state index in [-0.39, 0.29) is 11.5 Å². The van der Waals surface area contributed by atoms with Crippen LogP contribution in [0.4, 0.5) is 4.39 Å². The Morgan fingerprint density at radius 3 is 2.89 bits per heavy atom. The Kier molecular flexibility index (Phi) is 2.82. The summed E-state index contributed by atoms with van der Waals surface area (Å²) in [6.07, 6.45) is 0. The first kappa shape index (κ1) is 11.6. The molecule has 4 nitrogen and oxygen atoms in total. The van der Waals surface area contributed by atoms with Crippen LogP contribution in [0.15, 0.2) is 35.0 Å². The van der Waals surface area contributed by atoms with Crippen LogP contribution in [0.5, 0.6) is 0 Å². The molecular weight excluding hydrogens is 263 g/mol. The van der Waals surface area contributed by atoms with E-state index >= 15 is 0 Å². The minimum absolute atomic E-state index is 0.267. The number of benzene rings is 1. The summed E-state index contributed by atoms with van der Waals surface area (Å²) in [5, 5.41) is 22.7. The van der Waals surface area contributed by atoms with Crippen molar-refractivity contribution in [3.63, 3.8) is 0 Å². The summed E-state index contributed by atoms with van der Waals surface area (Å²) in [6.45, 7) is 0. The highest BCUT2D eigenvalue weighted by Crippen LogP contribution is 2.30. The molecule has 92 valence electrons. The van der Waals surface area contributed by atoms with Gasteiger partial charge in [-0.25, -0.2) is 9.49 Å². The minimum atomic E-state index is -0.302. The number of aromatic amines is 1. The van der Waals surface area contributed by atoms with Crippen molar-refractivity contribution in [1.29, 1.82) is 5.26 Å². The molecule has 0 unspecified atom stereocenters. The maximum absolute atomic E-state index is 13.9. The van der Waals surface area contributed by atoms with Gasteiger partial charge in [-0.15, -0.1) is 5.10 Å². The lowest BCUT2D eigenvalue weighted by atomic mass is 10.0. The summed E-state index contributed by atoms with van der Waals surface area (Å²) in [5.74, 6) is -0.302. The first-order valence-electron chi connectivity index (χ1n) is 5.43. The molecule has 0 atom stereocenters. The molecular formula is C13H7FN4S. The number of hydrogen-bond donors (Lipinski definition) is 1. The molecule has 2 heterocycles. The lowest BCUT2D eigenvalue weighted by Gasteiger charge is -2.03. The van der Waals surface area contributed by atoms with E-state index in [1.165, 1.54) is 17.4 Å². The molecule has 0 aliphatic heterocycles. The van der Waals surface area contributed by atoms with Crippen molar-refractivity contribution < 1.29 is 4.39 Å². The van der Waals surface area contributed by atoms with Gasteiger partial charge in [0.25, 0.3) is 0 Å². The fraction of sp³-hybridized carbons (Fsp3) is 0. The maximum atomic E-state index is 13.9. The van der Waals surface area contributed by atoms with Gasteiger partial charge in [-0.05, 0) is 40.6 Å². The molecule has 0 saturated carbocycles. The molecule has 3 aromatic rings. The van der Waals surface area contributed by atoms with E-state index in [1.807, 2.05) is 22.9 Å². The topological polar surface area (TPSA) is 65.4 Å². The SMILES string of the molecule is N#Cc1[nH]nnc1-c1ccc(F)c(-c2ccsc2)c1. The average Bonchev–Trinajstić information content (AvgIpc) is 3.10. The van der Waals surface area contributed by atoms with Gasteiger partial charge >= 0.3 is 0 Å². The summed E-state index contributed by atoms with van der Waals surface area (Å²) in [6, 6.07) is 8.46. The molecule has 3 rings (SSSR count). The quantitative estimate of drug-likeness (QED) is 0.777. The van der Waals surface area contributed by atoms with Crippen LogP contribution in [0.3, 0.4) is 0 Å². The molecule has 2 aromatic heterocycles. The predicted octanol–water partition coefficient (Wildman–Crippen LogP) is 3.21. The zero-order chi connectivity index (χ0) is 13.2. The Balaban J connectivity index is 2.16. The average molecular weight is 270 g/mol. The van der Waals surface area contributed by atoms with E-state index in [2.05, 4.69) is 15.4 Å². The summed E-state index contributed by atoms with van der Waals surface area (Å²) < 4.78 is 13.9. The fourth-order valence-electron chi connectivity index (χ4n) is 1.82. The zero-order valence-electron chi connectivity index (χ0n) is 9.59. The molecule has 0 bridgehead atoms. The number of aromatic nitrogens is 3. The first-order valence-corrected chi connectivity index (χ1v) is 6.37. The van der Waals surface area contributed by atoms with Crippen molar-refractivity contribution >= 4 is 11.3 Å². The van der Waals surface area contributed by atoms with Gasteiger partial charge in [0.2, 0.25) is 0 Å². The second-order valence-electron chi connectivity index (χ2n) is 3.85. The van der Waals surface area contributed by atoms with E-state index in [1.54, 1.807) is 12.1 Å². The number of nitriles is 1. The summed E-state index contributed by atoms with van der Waals surface area (Å²) in [7, 11) is 0. The van der Waals surface area contributed by atoms with Gasteiger partial charge < -0.3 is 0 Å². The van der Waals surface area contributed by atoms with Crippen molar-refractivity contribution in [2.24, 2.45) is 0 Å². The third kappa shape index (κ3) is 2.00. The lowest BCUT2D eigenvalue weighted by Crippen LogP contribution is -1.87. The van der Waals surface area contributed by atoms with Crippen LogP contribution in [0.1, 0.15) is 5.69 Å². The highest BCUT2D eigenvalue weighted by molar-refractivity contribution is 7.08. The van der Waals surface area contributed by atoms with Crippen molar-refractivity contribution in [3.8, 4) is 28.5 Å². The van der Waals surface area contributed by atoms with Gasteiger partial charge in [0.1, 0.15) is 17.6 Å². The third-order valence-corrected chi connectivity index (χ3v) is 3.42. The van der Waals surface area contributed by atoms with Gasteiger partial charge in [0, 0.05) is 11.1 Å². The van der Waals surface area contributed by atoms with Crippen LogP contribution in [0, 0.1) is 17.1 Å².